The number of nitrogens with one attached hydrogen (secondary N) is 2. The number of primary amides is 1. The van der Waals surface area contributed by atoms with Gasteiger partial charge in [-0.1, -0.05) is 30.3 Å². The molecule has 25 heavy (non-hydrogen) atoms. The van der Waals surface area contributed by atoms with Gasteiger partial charge in [-0.25, -0.2) is 0 Å². The number of rotatable bonds is 4. The number of aromatic amines is 2. The maximum Gasteiger partial charge on any atom is 0.249 e. The van der Waals surface area contributed by atoms with E-state index in [0.717, 1.165) is 16.7 Å². The summed E-state index contributed by atoms with van der Waals surface area (Å²) in [6.07, 6.45) is 0. The zero-order valence-electron chi connectivity index (χ0n) is 12.7. The number of nitrogens with zero attached hydrogens (tertiary/aromatic N) is 6. The number of benzene rings is 2. The molecule has 1 amide bonds. The first-order valence-corrected chi connectivity index (χ1v) is 7.24. The van der Waals surface area contributed by atoms with Crippen LogP contribution in [0.2, 0.25) is 0 Å². The van der Waals surface area contributed by atoms with Crippen molar-refractivity contribution in [1.29, 1.82) is 0 Å². The standard InChI is InChI=1S/C15H11N9O/c16-13(25)11-6-5-10(15-19-23-24-20-15)7-12(11)8-1-3-9(4-2-8)14-17-21-22-18-14/h1-7H,(H2,16,25)(H,17,18,21,22)(H,19,20,23,24). The molecule has 0 atom stereocenters. The molecule has 2 aromatic heterocycles. The molecule has 10 heteroatoms. The SMILES string of the molecule is NC(=O)c1ccc(-c2nn[nH]n2)cc1-c1ccc(-c2nn[nH]n2)cc1. The third kappa shape index (κ3) is 2.72. The van der Waals surface area contributed by atoms with Gasteiger partial charge in [-0.3, -0.25) is 4.79 Å². The Hall–Kier alpha value is -3.95. The normalized spacial score (nSPS) is 10.7. The fourth-order valence-corrected chi connectivity index (χ4v) is 2.50. The molecule has 122 valence electrons. The number of carbonyl (C=O) groups excluding carboxylic acids is 1. The fraction of sp³-hybridized carbons (Fsp3) is 0. The highest BCUT2D eigenvalue weighted by Gasteiger charge is 2.14. The van der Waals surface area contributed by atoms with Crippen LogP contribution in [-0.4, -0.2) is 47.2 Å². The minimum Gasteiger partial charge on any atom is -0.366 e. The van der Waals surface area contributed by atoms with Crippen molar-refractivity contribution in [3.63, 3.8) is 0 Å². The van der Waals surface area contributed by atoms with Crippen LogP contribution in [0.25, 0.3) is 33.9 Å². The van der Waals surface area contributed by atoms with Crippen LogP contribution < -0.4 is 5.73 Å². The monoisotopic (exact) mass is 333 g/mol. The summed E-state index contributed by atoms with van der Waals surface area (Å²) in [6.45, 7) is 0. The first-order valence-electron chi connectivity index (χ1n) is 7.24. The highest BCUT2D eigenvalue weighted by Crippen LogP contribution is 2.29. The van der Waals surface area contributed by atoms with Crippen LogP contribution in [0.4, 0.5) is 0 Å². The van der Waals surface area contributed by atoms with E-state index in [4.69, 9.17) is 5.73 Å². The number of carbonyl (C=O) groups is 1. The lowest BCUT2D eigenvalue weighted by molar-refractivity contribution is 0.100. The van der Waals surface area contributed by atoms with E-state index in [9.17, 15) is 4.79 Å². The van der Waals surface area contributed by atoms with Crippen LogP contribution in [0.3, 0.4) is 0 Å². The molecule has 10 nitrogen and oxygen atoms in total. The van der Waals surface area contributed by atoms with Crippen molar-refractivity contribution in [3.8, 4) is 33.9 Å². The number of amides is 1. The highest BCUT2D eigenvalue weighted by molar-refractivity contribution is 6.00. The van der Waals surface area contributed by atoms with E-state index in [1.54, 1.807) is 18.2 Å². The van der Waals surface area contributed by atoms with Gasteiger partial charge in [0.2, 0.25) is 17.6 Å². The molecule has 0 saturated carbocycles. The lowest BCUT2D eigenvalue weighted by atomic mass is 9.96. The molecular formula is C15H11N9O. The van der Waals surface area contributed by atoms with Crippen molar-refractivity contribution in [2.24, 2.45) is 5.73 Å². The Morgan fingerprint density at radius 1 is 0.800 bits per heavy atom. The molecule has 0 saturated heterocycles. The van der Waals surface area contributed by atoms with Crippen LogP contribution in [-0.2, 0) is 0 Å². The third-order valence-electron chi connectivity index (χ3n) is 3.69. The van der Waals surface area contributed by atoms with Crippen LogP contribution >= 0.6 is 0 Å². The number of tetrazole rings is 2. The van der Waals surface area contributed by atoms with E-state index in [2.05, 4.69) is 41.2 Å². The summed E-state index contributed by atoms with van der Waals surface area (Å²) in [5.41, 5.74) is 8.91. The molecule has 0 aliphatic rings. The summed E-state index contributed by atoms with van der Waals surface area (Å²) in [7, 11) is 0. The predicted molar refractivity (Wildman–Crippen MR) is 86.7 cm³/mol. The molecule has 4 aromatic rings. The van der Waals surface area contributed by atoms with E-state index in [1.165, 1.54) is 0 Å². The van der Waals surface area contributed by atoms with Gasteiger partial charge in [-0.15, -0.1) is 20.4 Å². The maximum atomic E-state index is 11.8. The van der Waals surface area contributed by atoms with Crippen LogP contribution in [0, 0.1) is 0 Å². The van der Waals surface area contributed by atoms with Gasteiger partial charge in [0.15, 0.2) is 0 Å². The molecule has 2 heterocycles. The molecule has 0 aliphatic heterocycles. The molecule has 4 N–H and O–H groups in total. The average molecular weight is 333 g/mol. The quantitative estimate of drug-likeness (QED) is 0.499. The van der Waals surface area contributed by atoms with Gasteiger partial charge in [-0.2, -0.15) is 10.4 Å². The summed E-state index contributed by atoms with van der Waals surface area (Å²) in [4.78, 5) is 11.8. The van der Waals surface area contributed by atoms with Gasteiger partial charge in [0, 0.05) is 16.7 Å². The molecular weight excluding hydrogens is 322 g/mol. The van der Waals surface area contributed by atoms with Gasteiger partial charge >= 0.3 is 0 Å². The van der Waals surface area contributed by atoms with Gasteiger partial charge in [0.05, 0.1) is 0 Å². The summed E-state index contributed by atoms with van der Waals surface area (Å²) < 4.78 is 0. The molecule has 0 radical (unpaired) electrons. The number of H-pyrrole nitrogens is 2. The van der Waals surface area contributed by atoms with Gasteiger partial charge in [0.1, 0.15) is 0 Å². The fourth-order valence-electron chi connectivity index (χ4n) is 2.50. The number of hydrogen-bond donors (Lipinski definition) is 3. The molecule has 0 bridgehead atoms. The first kappa shape index (κ1) is 14.6. The summed E-state index contributed by atoms with van der Waals surface area (Å²) in [5.74, 6) is 0.403. The minimum absolute atomic E-state index is 0.402. The molecule has 4 rings (SSSR count). The minimum atomic E-state index is -0.517. The van der Waals surface area contributed by atoms with E-state index in [1.807, 2.05) is 24.3 Å². The number of nitrogens with two attached hydrogens (primary N) is 1. The van der Waals surface area contributed by atoms with E-state index in [0.29, 0.717) is 22.8 Å². The highest BCUT2D eigenvalue weighted by atomic mass is 16.1. The van der Waals surface area contributed by atoms with Crippen LogP contribution in [0.1, 0.15) is 10.4 Å². The zero-order valence-corrected chi connectivity index (χ0v) is 12.7. The summed E-state index contributed by atoms with van der Waals surface area (Å²) in [5, 5.41) is 27.7. The largest absolute Gasteiger partial charge is 0.366 e. The lowest BCUT2D eigenvalue weighted by Gasteiger charge is -2.09. The second-order valence-corrected chi connectivity index (χ2v) is 5.17. The molecule has 2 aromatic carbocycles. The Kier molecular flexibility index (Phi) is 3.47. The van der Waals surface area contributed by atoms with Gasteiger partial charge in [-0.05, 0) is 33.7 Å². The smallest absolute Gasteiger partial charge is 0.249 e. The van der Waals surface area contributed by atoms with Gasteiger partial charge < -0.3 is 5.73 Å². The Bertz CT molecular complexity index is 1010. The number of aromatic nitrogens is 8. The lowest BCUT2D eigenvalue weighted by Crippen LogP contribution is -2.12. The van der Waals surface area contributed by atoms with Crippen molar-refractivity contribution >= 4 is 5.91 Å². The number of hydrogen-bond acceptors (Lipinski definition) is 7. The Balaban J connectivity index is 1.80. The molecule has 0 unspecified atom stereocenters. The van der Waals surface area contributed by atoms with E-state index in [-0.39, 0.29) is 0 Å². The maximum absolute atomic E-state index is 11.8. The average Bonchev–Trinajstić information content (AvgIpc) is 3.35. The molecule has 0 fully saturated rings. The topological polar surface area (TPSA) is 152 Å². The molecule has 0 spiro atoms. The van der Waals surface area contributed by atoms with Crippen molar-refractivity contribution < 1.29 is 4.79 Å². The molecule has 0 aliphatic carbocycles. The summed E-state index contributed by atoms with van der Waals surface area (Å²) in [6, 6.07) is 12.6. The third-order valence-corrected chi connectivity index (χ3v) is 3.69. The van der Waals surface area contributed by atoms with Crippen molar-refractivity contribution in [2.75, 3.05) is 0 Å². The Morgan fingerprint density at radius 2 is 1.36 bits per heavy atom. The Morgan fingerprint density at radius 3 is 1.92 bits per heavy atom. The van der Waals surface area contributed by atoms with Crippen molar-refractivity contribution in [2.45, 2.75) is 0 Å². The second kappa shape index (κ2) is 5.92. The first-order chi connectivity index (χ1) is 12.2. The van der Waals surface area contributed by atoms with Crippen molar-refractivity contribution in [1.82, 2.24) is 41.2 Å². The Labute approximate surface area is 140 Å². The van der Waals surface area contributed by atoms with E-state index >= 15 is 0 Å². The van der Waals surface area contributed by atoms with Gasteiger partial charge in [0.25, 0.3) is 0 Å². The second-order valence-electron chi connectivity index (χ2n) is 5.17. The van der Waals surface area contributed by atoms with E-state index < -0.39 is 5.91 Å². The van der Waals surface area contributed by atoms with Crippen LogP contribution in [0.15, 0.2) is 42.5 Å². The predicted octanol–water partition coefficient (Wildman–Crippen LogP) is 0.813. The summed E-state index contributed by atoms with van der Waals surface area (Å²) >= 11 is 0. The zero-order chi connectivity index (χ0) is 17.2. The van der Waals surface area contributed by atoms with Crippen LogP contribution in [0.5, 0.6) is 0 Å². The van der Waals surface area contributed by atoms with Crippen molar-refractivity contribution in [3.05, 3.63) is 48.0 Å².